The van der Waals surface area contributed by atoms with E-state index in [-0.39, 0.29) is 24.2 Å². The van der Waals surface area contributed by atoms with E-state index < -0.39 is 5.82 Å². The van der Waals surface area contributed by atoms with Gasteiger partial charge in [0.05, 0.1) is 43.7 Å². The Morgan fingerprint density at radius 1 is 0.902 bits per heavy atom. The van der Waals surface area contributed by atoms with Crippen molar-refractivity contribution in [1.29, 1.82) is 0 Å². The molecular weight excluding hydrogens is 726 g/mol. The summed E-state index contributed by atoms with van der Waals surface area (Å²) in [5, 5.41) is 8.76. The summed E-state index contributed by atoms with van der Waals surface area (Å²) in [5.74, 6) is 8.59. The van der Waals surface area contributed by atoms with Gasteiger partial charge in [0, 0.05) is 35.9 Å². The van der Waals surface area contributed by atoms with Crippen molar-refractivity contribution in [1.82, 2.24) is 25.6 Å². The molecule has 1 amide bonds. The van der Waals surface area contributed by atoms with Crippen molar-refractivity contribution < 1.29 is 31.9 Å². The van der Waals surface area contributed by atoms with Crippen LogP contribution < -0.4 is 20.7 Å². The summed E-state index contributed by atoms with van der Waals surface area (Å²) in [6.07, 6.45) is 4.59. The Balaban J connectivity index is 0.000000261. The van der Waals surface area contributed by atoms with Crippen LogP contribution in [0.2, 0.25) is 5.02 Å². The van der Waals surface area contributed by atoms with E-state index in [4.69, 9.17) is 51.8 Å². The zero-order valence-corrected chi connectivity index (χ0v) is 30.2. The Bertz CT molecular complexity index is 2080. The molecule has 0 saturated carbocycles. The first-order chi connectivity index (χ1) is 24.1. The minimum atomic E-state index is -0.407. The van der Waals surface area contributed by atoms with Crippen LogP contribution in [-0.2, 0) is 0 Å². The molecule has 1 atom stereocenters. The van der Waals surface area contributed by atoms with Gasteiger partial charge in [-0.1, -0.05) is 17.7 Å². The molecule has 1 unspecified atom stereocenters. The number of alkyl halides is 1. The van der Waals surface area contributed by atoms with Crippen molar-refractivity contribution in [3.63, 3.8) is 0 Å². The summed E-state index contributed by atoms with van der Waals surface area (Å²) in [4.78, 5) is 19.6. The van der Waals surface area contributed by atoms with E-state index >= 15 is 0 Å². The van der Waals surface area contributed by atoms with E-state index in [1.54, 1.807) is 63.7 Å². The van der Waals surface area contributed by atoms with Crippen molar-refractivity contribution in [3.05, 3.63) is 107 Å². The third-order valence-corrected chi connectivity index (χ3v) is 8.11. The lowest BCUT2D eigenvalue weighted by atomic mass is 9.94. The summed E-state index contributed by atoms with van der Waals surface area (Å²) in [5.41, 5.74) is 5.36. The van der Waals surface area contributed by atoms with Crippen molar-refractivity contribution in [3.8, 4) is 45.6 Å². The number of hydrogen-bond donors (Lipinski definition) is 2. The summed E-state index contributed by atoms with van der Waals surface area (Å²) < 4.78 is 41.3. The summed E-state index contributed by atoms with van der Waals surface area (Å²) >= 11 is 12.2. The molecule has 0 fully saturated rings. The van der Waals surface area contributed by atoms with Crippen molar-refractivity contribution in [2.24, 2.45) is 5.84 Å². The predicted octanol–water partition coefficient (Wildman–Crippen LogP) is 8.34. The van der Waals surface area contributed by atoms with Crippen LogP contribution >= 0.6 is 35.6 Å². The SMILES string of the molecule is COc1cc(-c2nnc(C(CCCCl)c3ccc(F)cc3Cl)o2)ccc1-c1cnc(C)o1.COc1cc(C(=O)NN)ccc1-c1cnc(C)o1.Cl. The van der Waals surface area contributed by atoms with Gasteiger partial charge in [0.15, 0.2) is 23.3 Å². The van der Waals surface area contributed by atoms with Gasteiger partial charge in [-0.25, -0.2) is 20.2 Å². The topological polar surface area (TPSA) is 165 Å². The Labute approximate surface area is 308 Å². The average Bonchev–Trinajstić information content (AvgIpc) is 3.90. The number of aromatic nitrogens is 4. The number of halogens is 4. The summed E-state index contributed by atoms with van der Waals surface area (Å²) in [6, 6.07) is 14.7. The normalized spacial score (nSPS) is 11.2. The summed E-state index contributed by atoms with van der Waals surface area (Å²) in [7, 11) is 3.09. The number of rotatable bonds is 11. The molecular formula is C35H34Cl3FN6O6. The van der Waals surface area contributed by atoms with Gasteiger partial charge < -0.3 is 22.7 Å². The quantitative estimate of drug-likeness (QED) is 0.0565. The number of aryl methyl sites for hydroxylation is 2. The van der Waals surface area contributed by atoms with Crippen LogP contribution in [-0.4, -0.2) is 46.2 Å². The fourth-order valence-electron chi connectivity index (χ4n) is 5.09. The van der Waals surface area contributed by atoms with E-state index in [0.29, 0.717) is 87.0 Å². The third kappa shape index (κ3) is 9.24. The second-order valence-corrected chi connectivity index (χ2v) is 11.6. The fraction of sp³-hybridized carbons (Fsp3) is 0.229. The first-order valence-corrected chi connectivity index (χ1v) is 16.1. The molecule has 12 nitrogen and oxygen atoms in total. The molecule has 51 heavy (non-hydrogen) atoms. The molecule has 3 aromatic carbocycles. The number of amides is 1. The van der Waals surface area contributed by atoms with E-state index in [1.165, 1.54) is 19.2 Å². The Morgan fingerprint density at radius 3 is 2.08 bits per heavy atom. The first-order valence-electron chi connectivity index (χ1n) is 15.2. The maximum Gasteiger partial charge on any atom is 0.265 e. The largest absolute Gasteiger partial charge is 0.496 e. The Kier molecular flexibility index (Phi) is 13.6. The Hall–Kier alpha value is -4.95. The molecule has 6 rings (SSSR count). The third-order valence-electron chi connectivity index (χ3n) is 7.52. The smallest absolute Gasteiger partial charge is 0.265 e. The zero-order valence-electron chi connectivity index (χ0n) is 27.9. The van der Waals surface area contributed by atoms with Gasteiger partial charge >= 0.3 is 0 Å². The number of ether oxygens (including phenoxy) is 2. The van der Waals surface area contributed by atoms with Crippen LogP contribution in [0.3, 0.4) is 0 Å². The number of nitrogens with two attached hydrogens (primary N) is 1. The molecule has 0 aliphatic carbocycles. The van der Waals surface area contributed by atoms with Gasteiger partial charge in [0.2, 0.25) is 11.8 Å². The molecule has 0 aliphatic rings. The minimum absolute atomic E-state index is 0. The van der Waals surface area contributed by atoms with E-state index in [1.807, 2.05) is 12.1 Å². The van der Waals surface area contributed by atoms with Gasteiger partial charge in [-0.05, 0) is 66.9 Å². The summed E-state index contributed by atoms with van der Waals surface area (Å²) in [6.45, 7) is 3.53. The highest BCUT2D eigenvalue weighted by atomic mass is 35.5. The molecule has 0 aliphatic heterocycles. The van der Waals surface area contributed by atoms with E-state index in [9.17, 15) is 9.18 Å². The van der Waals surface area contributed by atoms with Gasteiger partial charge in [0.1, 0.15) is 17.3 Å². The highest BCUT2D eigenvalue weighted by Gasteiger charge is 2.24. The molecule has 0 bridgehead atoms. The highest BCUT2D eigenvalue weighted by molar-refractivity contribution is 6.31. The van der Waals surface area contributed by atoms with Crippen LogP contribution in [0, 0.1) is 19.7 Å². The molecule has 3 heterocycles. The molecule has 0 saturated heterocycles. The monoisotopic (exact) mass is 758 g/mol. The molecule has 3 aromatic heterocycles. The molecule has 3 N–H and O–H groups in total. The average molecular weight is 760 g/mol. The fourth-order valence-corrected chi connectivity index (χ4v) is 5.54. The van der Waals surface area contributed by atoms with Crippen LogP contribution in [0.4, 0.5) is 4.39 Å². The molecule has 0 spiro atoms. The second kappa shape index (κ2) is 17.8. The molecule has 0 radical (unpaired) electrons. The van der Waals surface area contributed by atoms with Gasteiger partial charge in [-0.3, -0.25) is 10.2 Å². The van der Waals surface area contributed by atoms with Crippen molar-refractivity contribution >= 4 is 41.5 Å². The predicted molar refractivity (Wildman–Crippen MR) is 192 cm³/mol. The van der Waals surface area contributed by atoms with Crippen molar-refractivity contribution in [2.45, 2.75) is 32.6 Å². The number of benzene rings is 3. The second-order valence-electron chi connectivity index (χ2n) is 10.8. The number of nitrogens with one attached hydrogen (secondary N) is 1. The van der Waals surface area contributed by atoms with Gasteiger partial charge in [-0.15, -0.1) is 34.2 Å². The number of carbonyl (C=O) groups is 1. The number of methoxy groups -OCH3 is 2. The standard InChI is InChI=1S/C23H20Cl2FN3O3.C12H13N3O3.ClH/c1-13-27-12-21(31-13)18-7-5-14(10-20(18)30-2)22-28-29-23(32-22)17(4-3-9-24)16-8-6-15(26)11-19(16)25;1-7-14-6-11(18-7)9-4-3-8(12(16)15-13)5-10(9)17-2;/h5-8,10-12,17H,3-4,9H2,1-2H3;3-6H,13H2,1-2H3,(H,15,16);1H. The van der Waals surface area contributed by atoms with Gasteiger partial charge in [0.25, 0.3) is 5.91 Å². The number of carbonyl (C=O) groups excluding carboxylic acids is 1. The number of hydrogen-bond acceptors (Lipinski definition) is 11. The lowest BCUT2D eigenvalue weighted by molar-refractivity contribution is 0.0953. The van der Waals surface area contributed by atoms with Crippen LogP contribution in [0.1, 0.15) is 52.4 Å². The van der Waals surface area contributed by atoms with Crippen LogP contribution in [0.15, 0.2) is 80.2 Å². The molecule has 268 valence electrons. The lowest BCUT2D eigenvalue weighted by Crippen LogP contribution is -2.29. The Morgan fingerprint density at radius 2 is 1.53 bits per heavy atom. The van der Waals surface area contributed by atoms with Gasteiger partial charge in [-0.2, -0.15) is 0 Å². The maximum absolute atomic E-state index is 13.5. The van der Waals surface area contributed by atoms with E-state index in [0.717, 1.165) is 11.1 Å². The highest BCUT2D eigenvalue weighted by Crippen LogP contribution is 2.38. The number of nitrogen functional groups attached to an aromatic ring is 1. The number of nitrogens with zero attached hydrogens (tertiary/aromatic N) is 4. The number of oxazole rings is 2. The number of hydrazine groups is 1. The first kappa shape index (κ1) is 38.8. The molecule has 6 aromatic rings. The minimum Gasteiger partial charge on any atom is -0.496 e. The van der Waals surface area contributed by atoms with Crippen LogP contribution in [0.25, 0.3) is 34.1 Å². The maximum atomic E-state index is 13.5. The van der Waals surface area contributed by atoms with Crippen molar-refractivity contribution in [2.75, 3.05) is 20.1 Å². The van der Waals surface area contributed by atoms with Crippen LogP contribution in [0.5, 0.6) is 11.5 Å². The van der Waals surface area contributed by atoms with E-state index in [2.05, 4.69) is 25.6 Å². The lowest BCUT2D eigenvalue weighted by Gasteiger charge is -2.14. The molecule has 16 heteroatoms. The zero-order chi connectivity index (χ0) is 35.8.